The Labute approximate surface area is 138 Å². The third kappa shape index (κ3) is 10.6. The lowest BCUT2D eigenvalue weighted by atomic mass is 10.1. The molecule has 128 valence electrons. The molecule has 0 aliphatic rings. The Balaban J connectivity index is 1.90. The fraction of sp³-hybridized carbons (Fsp3) is 0.526. The van der Waals surface area contributed by atoms with Gasteiger partial charge in [0.25, 0.3) is 0 Å². The molecule has 3 nitrogen and oxygen atoms in total. The second-order valence-electron chi connectivity index (χ2n) is 5.37. The summed E-state index contributed by atoms with van der Waals surface area (Å²) < 4.78 is 22.8. The van der Waals surface area contributed by atoms with Crippen LogP contribution in [0.25, 0.3) is 6.08 Å². The normalized spacial score (nSPS) is 11.0. The molecule has 1 rings (SSSR count). The summed E-state index contributed by atoms with van der Waals surface area (Å²) in [6.07, 6.45) is 10.8. The molecule has 0 aromatic heterocycles. The number of carbonyl (C=O) groups excluding carboxylic acids is 1. The lowest BCUT2D eigenvalue weighted by Gasteiger charge is -2.04. The van der Waals surface area contributed by atoms with Crippen LogP contribution in [0.4, 0.5) is 4.39 Å². The van der Waals surface area contributed by atoms with Crippen LogP contribution in [0.15, 0.2) is 30.3 Å². The van der Waals surface area contributed by atoms with E-state index in [4.69, 9.17) is 9.47 Å². The summed E-state index contributed by atoms with van der Waals surface area (Å²) in [6.45, 7) is 2.86. The van der Waals surface area contributed by atoms with Gasteiger partial charge in [-0.3, -0.25) is 0 Å². The molecule has 0 saturated carbocycles. The molecule has 0 bridgehead atoms. The number of hydrogen-bond acceptors (Lipinski definition) is 3. The molecule has 0 spiro atoms. The first kappa shape index (κ1) is 19.4. The Hall–Kier alpha value is -1.68. The van der Waals surface area contributed by atoms with Crippen LogP contribution >= 0.6 is 0 Å². The minimum atomic E-state index is -0.291. The largest absolute Gasteiger partial charge is 0.464 e. The highest BCUT2D eigenvalue weighted by atomic mass is 19.1. The van der Waals surface area contributed by atoms with Crippen molar-refractivity contribution in [3.63, 3.8) is 0 Å². The third-order valence-corrected chi connectivity index (χ3v) is 3.37. The van der Waals surface area contributed by atoms with Crippen molar-refractivity contribution < 1.29 is 18.7 Å². The van der Waals surface area contributed by atoms with E-state index in [-0.39, 0.29) is 18.4 Å². The van der Waals surface area contributed by atoms with Gasteiger partial charge in [-0.15, -0.1) is 0 Å². The molecule has 0 amide bonds. The standard InChI is InChI=1S/C19H27FO3/c1-2-23-19(21)16-22-15-9-7-5-3-4-6-8-10-17-11-13-18(20)14-12-17/h8,10-14H,2-7,9,15-16H2,1H3. The first-order valence-corrected chi connectivity index (χ1v) is 8.38. The molecule has 1 aromatic rings. The van der Waals surface area contributed by atoms with Crippen molar-refractivity contribution in [1.82, 2.24) is 0 Å². The molecule has 0 aliphatic heterocycles. The SMILES string of the molecule is CCOC(=O)COCCCCCCCC=Cc1ccc(F)cc1. The van der Waals surface area contributed by atoms with Gasteiger partial charge in [0.15, 0.2) is 0 Å². The van der Waals surface area contributed by atoms with Crippen molar-refractivity contribution in [2.45, 2.75) is 45.4 Å². The molecule has 4 heteroatoms. The van der Waals surface area contributed by atoms with E-state index in [2.05, 4.69) is 6.08 Å². The Bertz CT molecular complexity index is 454. The molecule has 0 unspecified atom stereocenters. The maximum absolute atomic E-state index is 12.7. The van der Waals surface area contributed by atoms with Gasteiger partial charge >= 0.3 is 5.97 Å². The number of hydrogen-bond donors (Lipinski definition) is 0. The molecule has 0 N–H and O–H groups in total. The molecule has 0 aliphatic carbocycles. The van der Waals surface area contributed by atoms with E-state index in [1.807, 2.05) is 6.08 Å². The zero-order chi connectivity index (χ0) is 16.8. The van der Waals surface area contributed by atoms with Gasteiger partial charge in [0.05, 0.1) is 6.61 Å². The van der Waals surface area contributed by atoms with Crippen LogP contribution in [0.3, 0.4) is 0 Å². The lowest BCUT2D eigenvalue weighted by molar-refractivity contribution is -0.148. The van der Waals surface area contributed by atoms with Crippen molar-refractivity contribution in [3.8, 4) is 0 Å². The molecule has 0 saturated heterocycles. The van der Waals surface area contributed by atoms with E-state index in [1.165, 1.54) is 25.0 Å². The molecule has 0 atom stereocenters. The number of carbonyl (C=O) groups is 1. The van der Waals surface area contributed by atoms with Gasteiger partial charge in [0.1, 0.15) is 12.4 Å². The number of rotatable bonds is 12. The predicted molar refractivity (Wildman–Crippen MR) is 90.6 cm³/mol. The Kier molecular flexibility index (Phi) is 10.8. The zero-order valence-electron chi connectivity index (χ0n) is 13.9. The summed E-state index contributed by atoms with van der Waals surface area (Å²) in [5.41, 5.74) is 1.03. The average Bonchev–Trinajstić information content (AvgIpc) is 2.54. The number of halogens is 1. The number of ether oxygens (including phenoxy) is 2. The van der Waals surface area contributed by atoms with Crippen LogP contribution in [0.5, 0.6) is 0 Å². The van der Waals surface area contributed by atoms with E-state index in [0.29, 0.717) is 13.2 Å². The van der Waals surface area contributed by atoms with Crippen LogP contribution in [0, 0.1) is 5.82 Å². The molecule has 0 heterocycles. The summed E-state index contributed by atoms with van der Waals surface area (Å²) >= 11 is 0. The van der Waals surface area contributed by atoms with Crippen molar-refractivity contribution in [1.29, 1.82) is 0 Å². The topological polar surface area (TPSA) is 35.5 Å². The number of benzene rings is 1. The first-order valence-electron chi connectivity index (χ1n) is 8.38. The second kappa shape index (κ2) is 12.8. The maximum Gasteiger partial charge on any atom is 0.332 e. The van der Waals surface area contributed by atoms with Gasteiger partial charge in [-0.25, -0.2) is 9.18 Å². The van der Waals surface area contributed by atoms with Crippen LogP contribution in [-0.2, 0) is 14.3 Å². The Morgan fingerprint density at radius 3 is 2.52 bits per heavy atom. The number of allylic oxidation sites excluding steroid dienone is 1. The van der Waals surface area contributed by atoms with Gasteiger partial charge in [-0.2, -0.15) is 0 Å². The quantitative estimate of drug-likeness (QED) is 0.411. The summed E-state index contributed by atoms with van der Waals surface area (Å²) in [5.74, 6) is -0.492. The molecular formula is C19H27FO3. The number of esters is 1. The van der Waals surface area contributed by atoms with E-state index in [9.17, 15) is 9.18 Å². The van der Waals surface area contributed by atoms with Crippen molar-refractivity contribution >= 4 is 12.0 Å². The zero-order valence-corrected chi connectivity index (χ0v) is 13.9. The first-order chi connectivity index (χ1) is 11.2. The average molecular weight is 322 g/mol. The van der Waals surface area contributed by atoms with E-state index < -0.39 is 0 Å². The van der Waals surface area contributed by atoms with Crippen molar-refractivity contribution in [2.75, 3.05) is 19.8 Å². The summed E-state index contributed by atoms with van der Waals surface area (Å²) in [6, 6.07) is 6.51. The minimum Gasteiger partial charge on any atom is -0.464 e. The van der Waals surface area contributed by atoms with Crippen LogP contribution in [-0.4, -0.2) is 25.8 Å². The molecular weight excluding hydrogens is 295 g/mol. The molecule has 23 heavy (non-hydrogen) atoms. The Morgan fingerprint density at radius 1 is 1.09 bits per heavy atom. The van der Waals surface area contributed by atoms with E-state index in [1.54, 1.807) is 19.1 Å². The van der Waals surface area contributed by atoms with Gasteiger partial charge in [0, 0.05) is 6.61 Å². The minimum absolute atomic E-state index is 0.0576. The highest BCUT2D eigenvalue weighted by molar-refractivity contribution is 5.70. The predicted octanol–water partition coefficient (Wildman–Crippen LogP) is 4.76. The van der Waals surface area contributed by atoms with Crippen LogP contribution in [0.1, 0.15) is 51.0 Å². The van der Waals surface area contributed by atoms with E-state index in [0.717, 1.165) is 31.2 Å². The molecule has 0 fully saturated rings. The van der Waals surface area contributed by atoms with E-state index >= 15 is 0 Å². The second-order valence-corrected chi connectivity index (χ2v) is 5.37. The van der Waals surface area contributed by atoms with Crippen LogP contribution in [0.2, 0.25) is 0 Å². The highest BCUT2D eigenvalue weighted by Crippen LogP contribution is 2.09. The fourth-order valence-electron chi connectivity index (χ4n) is 2.15. The van der Waals surface area contributed by atoms with Gasteiger partial charge in [-0.05, 0) is 43.9 Å². The number of unbranched alkanes of at least 4 members (excludes halogenated alkanes) is 5. The smallest absolute Gasteiger partial charge is 0.332 e. The highest BCUT2D eigenvalue weighted by Gasteiger charge is 2.00. The van der Waals surface area contributed by atoms with Crippen LogP contribution < -0.4 is 0 Å². The Morgan fingerprint density at radius 2 is 1.78 bits per heavy atom. The summed E-state index contributed by atoms with van der Waals surface area (Å²) in [4.78, 5) is 11.0. The summed E-state index contributed by atoms with van der Waals surface area (Å²) in [7, 11) is 0. The summed E-state index contributed by atoms with van der Waals surface area (Å²) in [5, 5.41) is 0. The molecule has 0 radical (unpaired) electrons. The van der Waals surface area contributed by atoms with Gasteiger partial charge < -0.3 is 9.47 Å². The van der Waals surface area contributed by atoms with Gasteiger partial charge in [0.2, 0.25) is 0 Å². The van der Waals surface area contributed by atoms with Crippen molar-refractivity contribution in [3.05, 3.63) is 41.7 Å². The molecule has 1 aromatic carbocycles. The monoisotopic (exact) mass is 322 g/mol. The maximum atomic E-state index is 12.7. The lowest BCUT2D eigenvalue weighted by Crippen LogP contribution is -2.12. The van der Waals surface area contributed by atoms with Gasteiger partial charge in [-0.1, -0.05) is 43.5 Å². The fourth-order valence-corrected chi connectivity index (χ4v) is 2.15. The van der Waals surface area contributed by atoms with Crippen molar-refractivity contribution in [2.24, 2.45) is 0 Å². The third-order valence-electron chi connectivity index (χ3n) is 3.37.